The molecule has 242 valence electrons. The molecule has 4 aromatic carbocycles. The molecule has 0 amide bonds. The summed E-state index contributed by atoms with van der Waals surface area (Å²) in [6.45, 7) is 11.8. The van der Waals surface area contributed by atoms with Gasteiger partial charge in [0.05, 0.1) is 21.2 Å². The van der Waals surface area contributed by atoms with Crippen molar-refractivity contribution in [2.45, 2.75) is 36.5 Å². The van der Waals surface area contributed by atoms with E-state index in [0.29, 0.717) is 35.7 Å². The molecule has 0 fully saturated rings. The number of sulfonamides is 2. The number of hydrogen-bond donors (Lipinski definition) is 0. The van der Waals surface area contributed by atoms with Gasteiger partial charge in [0.25, 0.3) is 20.0 Å². The summed E-state index contributed by atoms with van der Waals surface area (Å²) in [5.41, 5.74) is 2.65. The lowest BCUT2D eigenvalue weighted by Gasteiger charge is -2.28. The first-order valence-corrected chi connectivity index (χ1v) is 17.8. The van der Waals surface area contributed by atoms with Crippen LogP contribution >= 0.6 is 0 Å². The highest BCUT2D eigenvalue weighted by atomic mass is 32.2. The molecule has 0 aromatic heterocycles. The summed E-state index contributed by atoms with van der Waals surface area (Å²) in [6, 6.07) is 27.2. The molecule has 0 heterocycles. The summed E-state index contributed by atoms with van der Waals surface area (Å²) < 4.78 is 70.6. The van der Waals surface area contributed by atoms with Gasteiger partial charge >= 0.3 is 0 Å². The fraction of sp³-hybridized carbons (Fsp3) is 0.222. The molecule has 0 aliphatic rings. The highest BCUT2D eigenvalue weighted by Crippen LogP contribution is 2.35. The summed E-state index contributed by atoms with van der Waals surface area (Å²) >= 11 is 0. The van der Waals surface area contributed by atoms with Crippen LogP contribution in [0.1, 0.15) is 24.0 Å². The summed E-state index contributed by atoms with van der Waals surface area (Å²) in [5, 5.41) is 0. The molecule has 4 rings (SSSR count). The fourth-order valence-electron chi connectivity index (χ4n) is 4.79. The topological polar surface area (TPSA) is 93.2 Å². The van der Waals surface area contributed by atoms with Crippen LogP contribution in [0.2, 0.25) is 0 Å². The van der Waals surface area contributed by atoms with Crippen molar-refractivity contribution < 1.29 is 26.3 Å². The van der Waals surface area contributed by atoms with E-state index >= 15 is 0 Å². The Labute approximate surface area is 273 Å². The largest absolute Gasteiger partial charge is 0.487 e. The molecule has 0 saturated heterocycles. The van der Waals surface area contributed by atoms with Gasteiger partial charge in [-0.1, -0.05) is 85.0 Å². The lowest BCUT2D eigenvalue weighted by Crippen LogP contribution is -2.35. The zero-order valence-corrected chi connectivity index (χ0v) is 27.8. The van der Waals surface area contributed by atoms with E-state index in [-0.39, 0.29) is 36.1 Å². The second-order valence-corrected chi connectivity index (χ2v) is 14.3. The first-order valence-electron chi connectivity index (χ1n) is 14.9. The van der Waals surface area contributed by atoms with Crippen LogP contribution in [-0.4, -0.2) is 43.1 Å². The van der Waals surface area contributed by atoms with Crippen LogP contribution < -0.4 is 18.1 Å². The standard InChI is InChI=1S/C36H40N2O6S2/c1-5-27-43-35-15-9-7-13-33(35)37(45(39,40)31-21-17-29(3)18-22-31)25-11-12-26-38(34-14-8-10-16-36(34)44-28-6-2)46(41,42)32-23-19-30(4)20-24-32/h5-10,13-24H,1-2,11-12,25-28H2,3-4H3. The first kappa shape index (κ1) is 34.3. The molecular weight excluding hydrogens is 621 g/mol. The minimum atomic E-state index is -4.00. The number of para-hydroxylation sites is 4. The van der Waals surface area contributed by atoms with Gasteiger partial charge in [0.15, 0.2) is 0 Å². The van der Waals surface area contributed by atoms with Gasteiger partial charge in [-0.05, 0) is 75.2 Å². The van der Waals surface area contributed by atoms with Crippen molar-refractivity contribution in [3.63, 3.8) is 0 Å². The van der Waals surface area contributed by atoms with Crippen LogP contribution in [0.3, 0.4) is 0 Å². The van der Waals surface area contributed by atoms with E-state index < -0.39 is 20.0 Å². The maximum absolute atomic E-state index is 14.1. The van der Waals surface area contributed by atoms with Gasteiger partial charge in [0, 0.05) is 13.1 Å². The van der Waals surface area contributed by atoms with E-state index in [1.807, 2.05) is 13.8 Å². The van der Waals surface area contributed by atoms with Crippen molar-refractivity contribution in [1.29, 1.82) is 0 Å². The van der Waals surface area contributed by atoms with Crippen LogP contribution in [0.25, 0.3) is 0 Å². The number of ether oxygens (including phenoxy) is 2. The molecule has 0 atom stereocenters. The molecule has 0 aliphatic carbocycles. The van der Waals surface area contributed by atoms with Crippen molar-refractivity contribution in [3.05, 3.63) is 133 Å². The average Bonchev–Trinajstić information content (AvgIpc) is 3.05. The number of unbranched alkanes of at least 4 members (excludes halogenated alkanes) is 1. The Hall–Kier alpha value is -4.54. The van der Waals surface area contributed by atoms with E-state index in [1.54, 1.807) is 109 Å². The minimum absolute atomic E-state index is 0.0811. The Morgan fingerprint density at radius 1 is 0.565 bits per heavy atom. The van der Waals surface area contributed by atoms with E-state index in [1.165, 1.54) is 8.61 Å². The van der Waals surface area contributed by atoms with Gasteiger partial charge in [0.2, 0.25) is 0 Å². The Morgan fingerprint density at radius 2 is 0.913 bits per heavy atom. The smallest absolute Gasteiger partial charge is 0.264 e. The number of aryl methyl sites for hydroxylation is 2. The molecule has 10 heteroatoms. The summed E-state index contributed by atoms with van der Waals surface area (Å²) in [4.78, 5) is 0.294. The Bertz CT molecular complexity index is 1700. The van der Waals surface area contributed by atoms with Crippen molar-refractivity contribution in [2.75, 3.05) is 34.9 Å². The third-order valence-electron chi connectivity index (χ3n) is 7.17. The van der Waals surface area contributed by atoms with Gasteiger partial charge in [-0.2, -0.15) is 0 Å². The maximum Gasteiger partial charge on any atom is 0.264 e. The minimum Gasteiger partial charge on any atom is -0.487 e. The van der Waals surface area contributed by atoms with E-state index in [9.17, 15) is 16.8 Å². The molecule has 8 nitrogen and oxygen atoms in total. The second kappa shape index (κ2) is 15.6. The maximum atomic E-state index is 14.1. The van der Waals surface area contributed by atoms with Gasteiger partial charge in [-0.15, -0.1) is 0 Å². The van der Waals surface area contributed by atoms with Gasteiger partial charge in [0.1, 0.15) is 24.7 Å². The Morgan fingerprint density at radius 3 is 1.26 bits per heavy atom. The molecular formula is C36H40N2O6S2. The predicted octanol–water partition coefficient (Wildman–Crippen LogP) is 7.30. The van der Waals surface area contributed by atoms with Gasteiger partial charge in [-0.3, -0.25) is 8.61 Å². The number of nitrogens with zero attached hydrogens (tertiary/aromatic N) is 2. The molecule has 0 aliphatic heterocycles. The summed E-state index contributed by atoms with van der Waals surface area (Å²) in [6.07, 6.45) is 3.87. The van der Waals surface area contributed by atoms with Gasteiger partial charge < -0.3 is 9.47 Å². The Kier molecular flexibility index (Phi) is 11.7. The Balaban J connectivity index is 1.67. The predicted molar refractivity (Wildman–Crippen MR) is 185 cm³/mol. The SMILES string of the molecule is C=CCOc1ccccc1N(CCCCN(c1ccccc1OCC=C)S(=O)(=O)c1ccc(C)cc1)S(=O)(=O)c1ccc(C)cc1. The average molecular weight is 661 g/mol. The third kappa shape index (κ3) is 8.18. The normalized spacial score (nSPS) is 11.4. The molecule has 0 saturated carbocycles. The lowest BCUT2D eigenvalue weighted by molar-refractivity contribution is 0.363. The van der Waals surface area contributed by atoms with Crippen LogP contribution in [0, 0.1) is 13.8 Å². The molecule has 0 N–H and O–H groups in total. The zero-order valence-electron chi connectivity index (χ0n) is 26.2. The van der Waals surface area contributed by atoms with Crippen LogP contribution in [-0.2, 0) is 20.0 Å². The zero-order chi connectivity index (χ0) is 33.2. The number of rotatable bonds is 17. The fourth-order valence-corrected chi connectivity index (χ4v) is 7.82. The monoisotopic (exact) mass is 660 g/mol. The van der Waals surface area contributed by atoms with E-state index in [4.69, 9.17) is 9.47 Å². The number of anilines is 2. The summed E-state index contributed by atoms with van der Waals surface area (Å²) in [7, 11) is -8.00. The molecule has 46 heavy (non-hydrogen) atoms. The molecule has 0 spiro atoms. The quantitative estimate of drug-likeness (QED) is 0.0872. The lowest BCUT2D eigenvalue weighted by atomic mass is 10.2. The highest BCUT2D eigenvalue weighted by Gasteiger charge is 2.29. The second-order valence-electron chi connectivity index (χ2n) is 10.6. The molecule has 0 unspecified atom stereocenters. The number of benzene rings is 4. The molecule has 4 aromatic rings. The van der Waals surface area contributed by atoms with E-state index in [0.717, 1.165) is 11.1 Å². The van der Waals surface area contributed by atoms with Crippen LogP contribution in [0.4, 0.5) is 11.4 Å². The first-order chi connectivity index (χ1) is 22.1. The molecule has 0 bridgehead atoms. The summed E-state index contributed by atoms with van der Waals surface area (Å²) in [5.74, 6) is 0.796. The highest BCUT2D eigenvalue weighted by molar-refractivity contribution is 7.93. The van der Waals surface area contributed by atoms with Crippen LogP contribution in [0.5, 0.6) is 11.5 Å². The third-order valence-corrected chi connectivity index (χ3v) is 10.8. The van der Waals surface area contributed by atoms with Crippen molar-refractivity contribution in [1.82, 2.24) is 0 Å². The van der Waals surface area contributed by atoms with Crippen LogP contribution in [0.15, 0.2) is 132 Å². The molecule has 0 radical (unpaired) electrons. The van der Waals surface area contributed by atoms with Crippen molar-refractivity contribution in [2.24, 2.45) is 0 Å². The van der Waals surface area contributed by atoms with Gasteiger partial charge in [-0.25, -0.2) is 16.8 Å². The van der Waals surface area contributed by atoms with Crippen molar-refractivity contribution in [3.8, 4) is 11.5 Å². The van der Waals surface area contributed by atoms with Crippen molar-refractivity contribution >= 4 is 31.4 Å². The number of hydrogen-bond acceptors (Lipinski definition) is 6. The van der Waals surface area contributed by atoms with E-state index in [2.05, 4.69) is 13.2 Å².